The van der Waals surface area contributed by atoms with Gasteiger partial charge in [0.05, 0.1) is 0 Å². The zero-order chi connectivity index (χ0) is 18.4. The summed E-state index contributed by atoms with van der Waals surface area (Å²) in [5.74, 6) is 0.677. The molecule has 0 bridgehead atoms. The molecule has 0 saturated carbocycles. The number of benzene rings is 1. The number of hydrogen-bond acceptors (Lipinski definition) is 3. The fraction of sp³-hybridized carbons (Fsp3) is 0.429. The lowest BCUT2D eigenvalue weighted by Crippen LogP contribution is -2.16. The van der Waals surface area contributed by atoms with Crippen LogP contribution in [0.1, 0.15) is 56.7 Å². The number of allylic oxidation sites excluding steroid dienone is 2. The molecule has 0 saturated heterocycles. The van der Waals surface area contributed by atoms with E-state index in [1.165, 1.54) is 5.56 Å². The van der Waals surface area contributed by atoms with Gasteiger partial charge < -0.3 is 5.73 Å². The molecule has 2 N–H and O–H groups in total. The molecule has 1 unspecified atom stereocenters. The highest BCUT2D eigenvalue weighted by atomic mass is 16.1. The van der Waals surface area contributed by atoms with E-state index in [0.29, 0.717) is 5.92 Å². The van der Waals surface area contributed by atoms with Gasteiger partial charge in [-0.15, -0.1) is 0 Å². The van der Waals surface area contributed by atoms with E-state index in [2.05, 4.69) is 26.5 Å². The normalized spacial score (nSPS) is 17.0. The zero-order valence-electron chi connectivity index (χ0n) is 15.5. The maximum absolute atomic E-state index is 11.2. The molecule has 0 aliphatic heterocycles. The van der Waals surface area contributed by atoms with Gasteiger partial charge in [0.1, 0.15) is 0 Å². The molecule has 3 heteroatoms. The molecule has 2 rings (SSSR count). The highest BCUT2D eigenvalue weighted by molar-refractivity contribution is 6.04. The minimum absolute atomic E-state index is 0.0664. The summed E-state index contributed by atoms with van der Waals surface area (Å²) in [5, 5.41) is 0. The van der Waals surface area contributed by atoms with Crippen LogP contribution in [0.4, 0.5) is 5.69 Å². The quantitative estimate of drug-likeness (QED) is 0.810. The lowest BCUT2D eigenvalue weighted by molar-refractivity contribution is -0.116. The van der Waals surface area contributed by atoms with E-state index >= 15 is 0 Å². The van der Waals surface area contributed by atoms with Crippen molar-refractivity contribution in [3.63, 3.8) is 0 Å². The van der Waals surface area contributed by atoms with Crippen LogP contribution >= 0.6 is 0 Å². The predicted octanol–water partition coefficient (Wildman–Crippen LogP) is 4.81. The lowest BCUT2D eigenvalue weighted by Gasteiger charge is -2.21. The summed E-state index contributed by atoms with van der Waals surface area (Å²) in [4.78, 5) is 22.5. The molecule has 24 heavy (non-hydrogen) atoms. The van der Waals surface area contributed by atoms with Crippen LogP contribution in [0.5, 0.6) is 0 Å². The summed E-state index contributed by atoms with van der Waals surface area (Å²) >= 11 is 0. The molecule has 0 spiro atoms. The lowest BCUT2D eigenvalue weighted by atomic mass is 9.82. The Labute approximate surface area is 145 Å². The third-order valence-electron chi connectivity index (χ3n) is 4.53. The Balaban J connectivity index is 0.000000243. The second kappa shape index (κ2) is 8.62. The first-order valence-corrected chi connectivity index (χ1v) is 8.40. The van der Waals surface area contributed by atoms with Gasteiger partial charge >= 0.3 is 0 Å². The van der Waals surface area contributed by atoms with Crippen molar-refractivity contribution < 1.29 is 9.59 Å². The molecular formula is C21H29NO2. The third-order valence-corrected chi connectivity index (χ3v) is 4.53. The van der Waals surface area contributed by atoms with E-state index in [1.807, 2.05) is 19.1 Å². The molecule has 3 nitrogen and oxygen atoms in total. The summed E-state index contributed by atoms with van der Waals surface area (Å²) < 4.78 is 0. The van der Waals surface area contributed by atoms with Gasteiger partial charge in [0.25, 0.3) is 0 Å². The second-order valence-corrected chi connectivity index (χ2v) is 6.69. The van der Waals surface area contributed by atoms with Crippen molar-refractivity contribution in [2.45, 2.75) is 53.9 Å². The van der Waals surface area contributed by atoms with Crippen LogP contribution in [-0.2, 0) is 9.59 Å². The molecule has 1 aliphatic carbocycles. The SMILES string of the molecule is C=Cc1cc(N)c(C)cc1C.CC(=O)C1=C(C(C)=O)CC(C)CC1. The van der Waals surface area contributed by atoms with Crippen molar-refractivity contribution in [1.82, 2.24) is 0 Å². The van der Waals surface area contributed by atoms with Crippen molar-refractivity contribution in [2.24, 2.45) is 5.92 Å². The van der Waals surface area contributed by atoms with Gasteiger partial charge in [-0.25, -0.2) is 0 Å². The first-order valence-electron chi connectivity index (χ1n) is 8.40. The number of hydrogen-bond donors (Lipinski definition) is 1. The average Bonchev–Trinajstić information content (AvgIpc) is 2.51. The standard InChI is InChI=1S/C11H16O2.C10H13N/c1-7-4-5-10(8(2)12)11(6-7)9(3)13;1-4-9-6-10(11)8(3)5-7(9)2/h7H,4-6H2,1-3H3;4-6H,1,11H2,2-3H3. The number of carbonyl (C=O) groups excluding carboxylic acids is 2. The van der Waals surface area contributed by atoms with E-state index in [1.54, 1.807) is 13.8 Å². The van der Waals surface area contributed by atoms with Gasteiger partial charge in [0, 0.05) is 16.8 Å². The number of aryl methyl sites for hydroxylation is 2. The predicted molar refractivity (Wildman–Crippen MR) is 102 cm³/mol. The van der Waals surface area contributed by atoms with Crippen LogP contribution in [0.2, 0.25) is 0 Å². The van der Waals surface area contributed by atoms with Crippen LogP contribution in [0.25, 0.3) is 6.08 Å². The third kappa shape index (κ3) is 5.19. The Morgan fingerprint density at radius 1 is 1.12 bits per heavy atom. The van der Waals surface area contributed by atoms with Gasteiger partial charge in [0.2, 0.25) is 0 Å². The Hall–Kier alpha value is -2.16. The van der Waals surface area contributed by atoms with Crippen LogP contribution in [0.3, 0.4) is 0 Å². The van der Waals surface area contributed by atoms with Crippen LogP contribution in [0, 0.1) is 19.8 Å². The zero-order valence-corrected chi connectivity index (χ0v) is 15.5. The Kier molecular flexibility index (Phi) is 7.15. The number of rotatable bonds is 3. The summed E-state index contributed by atoms with van der Waals surface area (Å²) in [7, 11) is 0. The van der Waals surface area contributed by atoms with E-state index in [9.17, 15) is 9.59 Å². The number of nitrogen functional groups attached to an aromatic ring is 1. The molecule has 0 radical (unpaired) electrons. The fourth-order valence-corrected chi connectivity index (χ4v) is 2.97. The van der Waals surface area contributed by atoms with Crippen molar-refractivity contribution in [3.05, 3.63) is 46.5 Å². The fourth-order valence-electron chi connectivity index (χ4n) is 2.97. The number of ketones is 2. The largest absolute Gasteiger partial charge is 0.398 e. The highest BCUT2D eigenvalue weighted by Crippen LogP contribution is 2.30. The molecule has 1 aromatic rings. The van der Waals surface area contributed by atoms with Gasteiger partial charge in [-0.2, -0.15) is 0 Å². The maximum atomic E-state index is 11.2. The molecule has 130 valence electrons. The van der Waals surface area contributed by atoms with E-state index in [-0.39, 0.29) is 11.6 Å². The number of Topliss-reactive ketones (excluding diaryl/α,β-unsaturated/α-hetero) is 2. The topological polar surface area (TPSA) is 60.2 Å². The molecule has 0 amide bonds. The van der Waals surface area contributed by atoms with Gasteiger partial charge in [-0.05, 0) is 75.6 Å². The van der Waals surface area contributed by atoms with Crippen molar-refractivity contribution in [1.29, 1.82) is 0 Å². The number of carbonyl (C=O) groups is 2. The molecule has 0 fully saturated rings. The second-order valence-electron chi connectivity index (χ2n) is 6.69. The molecule has 1 aromatic carbocycles. The smallest absolute Gasteiger partial charge is 0.156 e. The number of nitrogens with two attached hydrogens (primary N) is 1. The van der Waals surface area contributed by atoms with Gasteiger partial charge in [-0.3, -0.25) is 9.59 Å². The summed E-state index contributed by atoms with van der Waals surface area (Å²) in [6.45, 7) is 13.0. The van der Waals surface area contributed by atoms with Crippen LogP contribution in [-0.4, -0.2) is 11.6 Å². The van der Waals surface area contributed by atoms with Crippen LogP contribution in [0.15, 0.2) is 29.9 Å². The molecule has 1 aliphatic rings. The monoisotopic (exact) mass is 327 g/mol. The van der Waals surface area contributed by atoms with Gasteiger partial charge in [0.15, 0.2) is 11.6 Å². The maximum Gasteiger partial charge on any atom is 0.156 e. The average molecular weight is 327 g/mol. The molecule has 0 heterocycles. The Morgan fingerprint density at radius 3 is 2.21 bits per heavy atom. The van der Waals surface area contributed by atoms with E-state index in [0.717, 1.165) is 47.2 Å². The molecule has 0 aromatic heterocycles. The van der Waals surface area contributed by atoms with E-state index < -0.39 is 0 Å². The minimum atomic E-state index is 0.0664. The van der Waals surface area contributed by atoms with Crippen molar-refractivity contribution in [2.75, 3.05) is 5.73 Å². The van der Waals surface area contributed by atoms with Crippen LogP contribution < -0.4 is 5.73 Å². The van der Waals surface area contributed by atoms with Crippen molar-refractivity contribution >= 4 is 23.3 Å². The van der Waals surface area contributed by atoms with E-state index in [4.69, 9.17) is 5.73 Å². The summed E-state index contributed by atoms with van der Waals surface area (Å²) in [5.41, 5.74) is 11.6. The van der Waals surface area contributed by atoms with Crippen molar-refractivity contribution in [3.8, 4) is 0 Å². The minimum Gasteiger partial charge on any atom is -0.398 e. The Morgan fingerprint density at radius 2 is 1.71 bits per heavy atom. The first-order chi connectivity index (χ1) is 11.2. The Bertz CT molecular complexity index is 683. The molecule has 1 atom stereocenters. The summed E-state index contributed by atoms with van der Waals surface area (Å²) in [6, 6.07) is 4.03. The molecular weight excluding hydrogens is 298 g/mol. The summed E-state index contributed by atoms with van der Waals surface area (Å²) in [6.07, 6.45) is 4.42. The van der Waals surface area contributed by atoms with Gasteiger partial charge in [-0.1, -0.05) is 25.6 Å². The highest BCUT2D eigenvalue weighted by Gasteiger charge is 2.22. The first kappa shape index (κ1) is 19.9. The number of anilines is 1.